The van der Waals surface area contributed by atoms with Crippen LogP contribution in [0.5, 0.6) is 0 Å². The summed E-state index contributed by atoms with van der Waals surface area (Å²) in [5.74, 6) is -0.371. The summed E-state index contributed by atoms with van der Waals surface area (Å²) in [6.07, 6.45) is 0. The topological polar surface area (TPSA) is 84.0 Å². The molecule has 0 spiro atoms. The number of H-pyrrole nitrogens is 1. The molecular weight excluding hydrogens is 282 g/mol. The van der Waals surface area contributed by atoms with Gasteiger partial charge in [-0.2, -0.15) is 0 Å². The van der Waals surface area contributed by atoms with E-state index in [9.17, 15) is 14.4 Å². The number of carbonyl (C=O) groups excluding carboxylic acids is 1. The predicted molar refractivity (Wildman–Crippen MR) is 83.9 cm³/mol. The second kappa shape index (κ2) is 5.69. The number of fused-ring (bicyclic) bond motifs is 1. The van der Waals surface area contributed by atoms with Crippen LogP contribution in [0.3, 0.4) is 0 Å². The van der Waals surface area contributed by atoms with Crippen molar-refractivity contribution in [2.75, 3.05) is 5.32 Å². The van der Waals surface area contributed by atoms with Gasteiger partial charge in [0.05, 0.1) is 11.0 Å². The number of anilines is 1. The van der Waals surface area contributed by atoms with Crippen molar-refractivity contribution in [3.05, 3.63) is 75.3 Å². The molecule has 0 aliphatic heterocycles. The molecule has 0 aliphatic carbocycles. The average Bonchev–Trinajstić information content (AvgIpc) is 2.53. The summed E-state index contributed by atoms with van der Waals surface area (Å²) in [6.45, 7) is -0.224. The van der Waals surface area contributed by atoms with Gasteiger partial charge in [-0.05, 0) is 24.3 Å². The summed E-state index contributed by atoms with van der Waals surface area (Å²) in [7, 11) is 0. The third kappa shape index (κ3) is 2.67. The molecule has 3 aromatic rings. The van der Waals surface area contributed by atoms with Crippen LogP contribution in [0.1, 0.15) is 0 Å². The van der Waals surface area contributed by atoms with E-state index in [1.807, 2.05) is 6.07 Å². The Hall–Kier alpha value is -3.15. The van der Waals surface area contributed by atoms with E-state index in [2.05, 4.69) is 10.3 Å². The van der Waals surface area contributed by atoms with Crippen LogP contribution >= 0.6 is 0 Å². The van der Waals surface area contributed by atoms with Crippen molar-refractivity contribution in [2.45, 2.75) is 6.54 Å². The van der Waals surface area contributed by atoms with Crippen molar-refractivity contribution in [3.8, 4) is 0 Å². The van der Waals surface area contributed by atoms with Crippen molar-refractivity contribution < 1.29 is 4.79 Å². The zero-order valence-corrected chi connectivity index (χ0v) is 11.6. The highest BCUT2D eigenvalue weighted by atomic mass is 16.2. The van der Waals surface area contributed by atoms with Gasteiger partial charge in [0.1, 0.15) is 6.54 Å². The minimum absolute atomic E-state index is 0.224. The minimum atomic E-state index is -0.748. The van der Waals surface area contributed by atoms with Crippen LogP contribution in [0.4, 0.5) is 5.69 Å². The van der Waals surface area contributed by atoms with Gasteiger partial charge in [0.25, 0.3) is 0 Å². The van der Waals surface area contributed by atoms with Gasteiger partial charge in [-0.3, -0.25) is 19.0 Å². The molecule has 3 rings (SSSR count). The molecule has 6 nitrogen and oxygen atoms in total. The highest BCUT2D eigenvalue weighted by Crippen LogP contribution is 2.08. The van der Waals surface area contributed by atoms with E-state index in [0.29, 0.717) is 16.7 Å². The number of rotatable bonds is 3. The largest absolute Gasteiger partial charge is 0.325 e. The average molecular weight is 295 g/mol. The van der Waals surface area contributed by atoms with Crippen LogP contribution in [0.15, 0.2) is 64.2 Å². The van der Waals surface area contributed by atoms with Gasteiger partial charge >= 0.3 is 11.1 Å². The molecule has 0 atom stereocenters. The number of hydrogen-bond donors (Lipinski definition) is 2. The number of aromatic amines is 1. The Morgan fingerprint density at radius 3 is 2.45 bits per heavy atom. The Labute approximate surface area is 125 Å². The van der Waals surface area contributed by atoms with Crippen LogP contribution in [-0.2, 0) is 11.3 Å². The Kier molecular flexibility index (Phi) is 3.57. The predicted octanol–water partition coefficient (Wildman–Crippen LogP) is 1.33. The Balaban J connectivity index is 1.97. The monoisotopic (exact) mass is 295 g/mol. The summed E-state index contributed by atoms with van der Waals surface area (Å²) < 4.78 is 1.17. The second-order valence-corrected chi connectivity index (χ2v) is 4.78. The Morgan fingerprint density at radius 1 is 1.00 bits per heavy atom. The fourth-order valence-corrected chi connectivity index (χ4v) is 2.25. The standard InChI is InChI=1S/C16H13N3O3/c20-14(17-11-6-2-1-3-7-11)10-19-13-9-5-4-8-12(13)18-15(21)16(19)22/h1-9H,10H2,(H,17,20)(H,18,21). The molecule has 0 saturated carbocycles. The molecule has 2 N–H and O–H groups in total. The van der Waals surface area contributed by atoms with E-state index in [-0.39, 0.29) is 12.5 Å². The fraction of sp³-hybridized carbons (Fsp3) is 0.0625. The smallest absolute Gasteiger partial charge is 0.317 e. The zero-order chi connectivity index (χ0) is 15.5. The SMILES string of the molecule is O=C(Cn1c(=O)c(=O)[nH]c2ccccc21)Nc1ccccc1. The van der Waals surface area contributed by atoms with Gasteiger partial charge in [0.2, 0.25) is 5.91 Å². The second-order valence-electron chi connectivity index (χ2n) is 4.78. The molecule has 2 aromatic carbocycles. The van der Waals surface area contributed by atoms with E-state index in [1.165, 1.54) is 4.57 Å². The van der Waals surface area contributed by atoms with Crippen LogP contribution < -0.4 is 16.4 Å². The van der Waals surface area contributed by atoms with E-state index in [1.54, 1.807) is 48.5 Å². The van der Waals surface area contributed by atoms with E-state index in [4.69, 9.17) is 0 Å². The lowest BCUT2D eigenvalue weighted by molar-refractivity contribution is -0.116. The summed E-state index contributed by atoms with van der Waals surface area (Å²) in [6, 6.07) is 15.8. The molecule has 0 aliphatic rings. The molecule has 110 valence electrons. The van der Waals surface area contributed by atoms with Crippen molar-refractivity contribution in [3.63, 3.8) is 0 Å². The molecular formula is C16H13N3O3. The molecule has 22 heavy (non-hydrogen) atoms. The van der Waals surface area contributed by atoms with E-state index in [0.717, 1.165) is 0 Å². The summed E-state index contributed by atoms with van der Waals surface area (Å²) in [5.41, 5.74) is 0.165. The number of nitrogens with one attached hydrogen (secondary N) is 2. The lowest BCUT2D eigenvalue weighted by Crippen LogP contribution is -2.38. The third-order valence-electron chi connectivity index (χ3n) is 3.24. The summed E-state index contributed by atoms with van der Waals surface area (Å²) in [5, 5.41) is 2.69. The number of para-hydroxylation sites is 3. The van der Waals surface area contributed by atoms with Crippen LogP contribution in [0.25, 0.3) is 11.0 Å². The first kappa shape index (κ1) is 13.8. The maximum absolute atomic E-state index is 12.1. The fourth-order valence-electron chi connectivity index (χ4n) is 2.25. The van der Waals surface area contributed by atoms with Gasteiger partial charge in [0, 0.05) is 5.69 Å². The molecule has 1 aromatic heterocycles. The van der Waals surface area contributed by atoms with Crippen molar-refractivity contribution in [2.24, 2.45) is 0 Å². The Bertz CT molecular complexity index is 942. The molecule has 1 heterocycles. The summed E-state index contributed by atoms with van der Waals surface area (Å²) in [4.78, 5) is 38.3. The molecule has 0 unspecified atom stereocenters. The molecule has 0 fully saturated rings. The first-order chi connectivity index (χ1) is 10.6. The van der Waals surface area contributed by atoms with Crippen molar-refractivity contribution >= 4 is 22.6 Å². The summed E-state index contributed by atoms with van der Waals surface area (Å²) >= 11 is 0. The molecule has 0 saturated heterocycles. The molecule has 0 bridgehead atoms. The Morgan fingerprint density at radius 2 is 1.68 bits per heavy atom. The minimum Gasteiger partial charge on any atom is -0.325 e. The maximum Gasteiger partial charge on any atom is 0.317 e. The van der Waals surface area contributed by atoms with Gasteiger partial charge in [-0.15, -0.1) is 0 Å². The maximum atomic E-state index is 12.1. The number of nitrogens with zero attached hydrogens (tertiary/aromatic N) is 1. The van der Waals surface area contributed by atoms with Gasteiger partial charge in [0.15, 0.2) is 0 Å². The lowest BCUT2D eigenvalue weighted by Gasteiger charge is -2.10. The molecule has 1 amide bonds. The normalized spacial score (nSPS) is 10.5. The van der Waals surface area contributed by atoms with Crippen LogP contribution in [-0.4, -0.2) is 15.5 Å². The van der Waals surface area contributed by atoms with Gasteiger partial charge in [-0.25, -0.2) is 0 Å². The number of carbonyl (C=O) groups is 1. The first-order valence-electron chi connectivity index (χ1n) is 6.72. The van der Waals surface area contributed by atoms with Gasteiger partial charge < -0.3 is 10.3 Å². The van der Waals surface area contributed by atoms with Crippen molar-refractivity contribution in [1.82, 2.24) is 9.55 Å². The number of amides is 1. The quantitative estimate of drug-likeness (QED) is 0.715. The van der Waals surface area contributed by atoms with Crippen LogP contribution in [0, 0.1) is 0 Å². The van der Waals surface area contributed by atoms with E-state index >= 15 is 0 Å². The number of hydrogen-bond acceptors (Lipinski definition) is 3. The third-order valence-corrected chi connectivity index (χ3v) is 3.24. The molecule has 0 radical (unpaired) electrons. The first-order valence-corrected chi connectivity index (χ1v) is 6.72. The zero-order valence-electron chi connectivity index (χ0n) is 11.6. The van der Waals surface area contributed by atoms with Gasteiger partial charge in [-0.1, -0.05) is 30.3 Å². The highest BCUT2D eigenvalue weighted by molar-refractivity contribution is 5.91. The lowest BCUT2D eigenvalue weighted by atomic mass is 10.3. The molecule has 6 heteroatoms. The van der Waals surface area contributed by atoms with E-state index < -0.39 is 11.1 Å². The highest BCUT2D eigenvalue weighted by Gasteiger charge is 2.11. The number of aromatic nitrogens is 2. The number of benzene rings is 2. The van der Waals surface area contributed by atoms with Crippen LogP contribution in [0.2, 0.25) is 0 Å². The van der Waals surface area contributed by atoms with Crippen molar-refractivity contribution in [1.29, 1.82) is 0 Å².